The summed E-state index contributed by atoms with van der Waals surface area (Å²) < 4.78 is 0. The molecule has 1 heterocycles. The number of para-hydroxylation sites is 1. The lowest BCUT2D eigenvalue weighted by Crippen LogP contribution is -2.24. The Kier molecular flexibility index (Phi) is 4.57. The molecule has 1 aromatic heterocycles. The van der Waals surface area contributed by atoms with E-state index < -0.39 is 0 Å². The van der Waals surface area contributed by atoms with Gasteiger partial charge in [-0.25, -0.2) is 4.98 Å². The minimum atomic E-state index is 0.535. The second-order valence-corrected chi connectivity index (χ2v) is 4.95. The van der Waals surface area contributed by atoms with Crippen LogP contribution in [0.3, 0.4) is 0 Å². The number of nitrogens with zero attached hydrogens (tertiary/aromatic N) is 3. The van der Waals surface area contributed by atoms with Crippen LogP contribution >= 0.6 is 0 Å². The Morgan fingerprint density at radius 1 is 1.25 bits per heavy atom. The molecule has 0 spiro atoms. The highest BCUT2D eigenvalue weighted by molar-refractivity contribution is 5.84. The summed E-state index contributed by atoms with van der Waals surface area (Å²) in [6.07, 6.45) is 1.30. The van der Waals surface area contributed by atoms with Gasteiger partial charge < -0.3 is 4.90 Å². The number of rotatable bonds is 5. The molecule has 3 heteroatoms. The Morgan fingerprint density at radius 2 is 2.00 bits per heavy atom. The zero-order chi connectivity index (χ0) is 14.5. The van der Waals surface area contributed by atoms with Gasteiger partial charge in [0.25, 0.3) is 0 Å². The van der Waals surface area contributed by atoms with Crippen molar-refractivity contribution in [2.75, 3.05) is 18.0 Å². The smallest absolute Gasteiger partial charge is 0.132 e. The molecule has 20 heavy (non-hydrogen) atoms. The van der Waals surface area contributed by atoms with E-state index in [4.69, 9.17) is 10.2 Å². The maximum absolute atomic E-state index is 8.84. The van der Waals surface area contributed by atoms with E-state index in [1.54, 1.807) is 0 Å². The first-order valence-corrected chi connectivity index (χ1v) is 7.22. The molecule has 0 N–H and O–H groups in total. The normalized spacial score (nSPS) is 10.5. The molecule has 0 saturated carbocycles. The van der Waals surface area contributed by atoms with Crippen molar-refractivity contribution >= 4 is 16.7 Å². The highest BCUT2D eigenvalue weighted by atomic mass is 15.2. The van der Waals surface area contributed by atoms with Crippen LogP contribution in [0.5, 0.6) is 0 Å². The van der Waals surface area contributed by atoms with E-state index >= 15 is 0 Å². The summed E-state index contributed by atoms with van der Waals surface area (Å²) in [6, 6.07) is 10.7. The Morgan fingerprint density at radius 3 is 2.65 bits per heavy atom. The number of fused-ring (bicyclic) bond motifs is 1. The summed E-state index contributed by atoms with van der Waals surface area (Å²) in [7, 11) is 0. The standard InChI is InChI=1S/C17H21N3/c1-4-20(5-2)17-15(10-7-11-18)12-14-9-6-8-13(3)16(14)19-17/h6,8-9,12H,4-5,7,10H2,1-3H3. The second-order valence-electron chi connectivity index (χ2n) is 4.95. The first-order valence-electron chi connectivity index (χ1n) is 7.22. The summed E-state index contributed by atoms with van der Waals surface area (Å²) in [4.78, 5) is 7.15. The number of hydrogen-bond acceptors (Lipinski definition) is 3. The van der Waals surface area contributed by atoms with E-state index in [9.17, 15) is 0 Å². The third-order valence-electron chi connectivity index (χ3n) is 3.67. The number of benzene rings is 1. The molecule has 0 aliphatic carbocycles. The zero-order valence-electron chi connectivity index (χ0n) is 12.5. The minimum absolute atomic E-state index is 0.535. The lowest BCUT2D eigenvalue weighted by molar-refractivity contribution is 0.833. The van der Waals surface area contributed by atoms with Crippen molar-refractivity contribution in [3.8, 4) is 6.07 Å². The van der Waals surface area contributed by atoms with Crippen LogP contribution in [-0.4, -0.2) is 18.1 Å². The molecular formula is C17H21N3. The fraction of sp³-hybridized carbons (Fsp3) is 0.412. The van der Waals surface area contributed by atoms with Crippen molar-refractivity contribution in [1.29, 1.82) is 5.26 Å². The van der Waals surface area contributed by atoms with Gasteiger partial charge in [-0.3, -0.25) is 0 Å². The summed E-state index contributed by atoms with van der Waals surface area (Å²) in [5, 5.41) is 10.0. The topological polar surface area (TPSA) is 39.9 Å². The van der Waals surface area contributed by atoms with E-state index in [1.807, 2.05) is 0 Å². The Hall–Kier alpha value is -2.08. The van der Waals surface area contributed by atoms with Crippen LogP contribution in [0.25, 0.3) is 10.9 Å². The largest absolute Gasteiger partial charge is 0.357 e. The first-order chi connectivity index (χ1) is 9.71. The molecule has 2 aromatic rings. The zero-order valence-corrected chi connectivity index (χ0v) is 12.5. The van der Waals surface area contributed by atoms with Crippen LogP contribution in [-0.2, 0) is 6.42 Å². The Labute approximate surface area is 120 Å². The van der Waals surface area contributed by atoms with Crippen LogP contribution in [0.2, 0.25) is 0 Å². The van der Waals surface area contributed by atoms with Crippen LogP contribution in [0.1, 0.15) is 31.4 Å². The molecule has 0 bridgehead atoms. The van der Waals surface area contributed by atoms with E-state index in [0.717, 1.165) is 36.2 Å². The van der Waals surface area contributed by atoms with Gasteiger partial charge in [0.1, 0.15) is 5.82 Å². The highest BCUT2D eigenvalue weighted by Crippen LogP contribution is 2.26. The predicted octanol–water partition coefficient (Wildman–Crippen LogP) is 3.85. The van der Waals surface area contributed by atoms with Gasteiger partial charge in [0.15, 0.2) is 0 Å². The molecule has 0 aliphatic rings. The van der Waals surface area contributed by atoms with Gasteiger partial charge in [0, 0.05) is 24.9 Å². The average molecular weight is 267 g/mol. The average Bonchev–Trinajstić information content (AvgIpc) is 2.47. The number of pyridine rings is 1. The lowest BCUT2D eigenvalue weighted by atomic mass is 10.0. The minimum Gasteiger partial charge on any atom is -0.357 e. The third kappa shape index (κ3) is 2.75. The Bertz CT molecular complexity index is 636. The van der Waals surface area contributed by atoms with E-state index in [-0.39, 0.29) is 0 Å². The van der Waals surface area contributed by atoms with Gasteiger partial charge in [-0.05, 0) is 44.4 Å². The van der Waals surface area contributed by atoms with Crippen molar-refractivity contribution in [3.63, 3.8) is 0 Å². The van der Waals surface area contributed by atoms with Crippen LogP contribution in [0.4, 0.5) is 5.82 Å². The Balaban J connectivity index is 2.61. The maximum Gasteiger partial charge on any atom is 0.132 e. The molecule has 0 unspecified atom stereocenters. The number of hydrogen-bond donors (Lipinski definition) is 0. The molecular weight excluding hydrogens is 246 g/mol. The van der Waals surface area contributed by atoms with Crippen molar-refractivity contribution in [2.45, 2.75) is 33.6 Å². The van der Waals surface area contributed by atoms with Crippen LogP contribution in [0, 0.1) is 18.3 Å². The highest BCUT2D eigenvalue weighted by Gasteiger charge is 2.12. The second kappa shape index (κ2) is 6.38. The van der Waals surface area contributed by atoms with Gasteiger partial charge in [0.05, 0.1) is 11.6 Å². The number of aromatic nitrogens is 1. The van der Waals surface area contributed by atoms with E-state index in [0.29, 0.717) is 6.42 Å². The molecule has 104 valence electrons. The predicted molar refractivity (Wildman–Crippen MR) is 84.0 cm³/mol. The molecule has 1 aromatic carbocycles. The van der Waals surface area contributed by atoms with E-state index in [2.05, 4.69) is 56.0 Å². The van der Waals surface area contributed by atoms with Crippen molar-refractivity contribution in [2.24, 2.45) is 0 Å². The summed E-state index contributed by atoms with van der Waals surface area (Å²) in [5.74, 6) is 1.03. The summed E-state index contributed by atoms with van der Waals surface area (Å²) >= 11 is 0. The van der Waals surface area contributed by atoms with Crippen molar-refractivity contribution in [3.05, 3.63) is 35.4 Å². The van der Waals surface area contributed by atoms with Crippen molar-refractivity contribution < 1.29 is 0 Å². The monoisotopic (exact) mass is 267 g/mol. The fourth-order valence-corrected chi connectivity index (χ4v) is 2.55. The number of anilines is 1. The SMILES string of the molecule is CCN(CC)c1nc2c(C)cccc2cc1CCC#N. The molecule has 0 saturated heterocycles. The molecule has 0 amide bonds. The van der Waals surface area contributed by atoms with Gasteiger partial charge in [0.2, 0.25) is 0 Å². The maximum atomic E-state index is 8.84. The molecule has 3 nitrogen and oxygen atoms in total. The third-order valence-corrected chi connectivity index (χ3v) is 3.67. The first kappa shape index (κ1) is 14.3. The number of aryl methyl sites for hydroxylation is 2. The molecule has 0 aliphatic heterocycles. The molecule has 0 radical (unpaired) electrons. The fourth-order valence-electron chi connectivity index (χ4n) is 2.55. The quantitative estimate of drug-likeness (QED) is 0.826. The molecule has 0 fully saturated rings. The summed E-state index contributed by atoms with van der Waals surface area (Å²) in [6.45, 7) is 8.24. The van der Waals surface area contributed by atoms with Crippen molar-refractivity contribution in [1.82, 2.24) is 4.98 Å². The van der Waals surface area contributed by atoms with E-state index in [1.165, 1.54) is 11.1 Å². The van der Waals surface area contributed by atoms with Gasteiger partial charge in [-0.15, -0.1) is 0 Å². The number of nitriles is 1. The van der Waals surface area contributed by atoms with Gasteiger partial charge >= 0.3 is 0 Å². The summed E-state index contributed by atoms with van der Waals surface area (Å²) in [5.41, 5.74) is 3.44. The molecule has 0 atom stereocenters. The van der Waals surface area contributed by atoms with Crippen LogP contribution in [0.15, 0.2) is 24.3 Å². The van der Waals surface area contributed by atoms with Gasteiger partial charge in [-0.1, -0.05) is 18.2 Å². The lowest BCUT2D eigenvalue weighted by Gasteiger charge is -2.23. The molecule has 2 rings (SSSR count). The van der Waals surface area contributed by atoms with Crippen LogP contribution < -0.4 is 4.90 Å². The van der Waals surface area contributed by atoms with Gasteiger partial charge in [-0.2, -0.15) is 5.26 Å².